The molecule has 0 unspecified atom stereocenters. The van der Waals surface area contributed by atoms with Crippen LogP contribution < -0.4 is 0 Å². The van der Waals surface area contributed by atoms with E-state index >= 15 is 0 Å². The minimum absolute atomic E-state index is 0.0104. The molecule has 7 heteroatoms. The number of rotatable bonds is 2. The Morgan fingerprint density at radius 1 is 1.50 bits per heavy atom. The average Bonchev–Trinajstić information content (AvgIpc) is 2.65. The highest BCUT2D eigenvalue weighted by Crippen LogP contribution is 2.21. The Morgan fingerprint density at radius 2 is 2.21 bits per heavy atom. The van der Waals surface area contributed by atoms with Gasteiger partial charge in [-0.05, 0) is 0 Å². The molecule has 14 heavy (non-hydrogen) atoms. The molecule has 2 amide bonds. The predicted octanol–water partition coefficient (Wildman–Crippen LogP) is -0.645. The van der Waals surface area contributed by atoms with Crippen LogP contribution in [0.5, 0.6) is 0 Å². The number of hydrogen-bond donors (Lipinski definition) is 1. The third-order valence-corrected chi connectivity index (χ3v) is 1.78. The zero-order valence-corrected chi connectivity index (χ0v) is 6.76. The van der Waals surface area contributed by atoms with E-state index in [0.29, 0.717) is 4.90 Å². The number of amides is 2. The molecule has 0 saturated carbocycles. The molecular weight excluding hydrogens is 192 g/mol. The molecule has 2 heterocycles. The smallest absolute Gasteiger partial charge is 0.323 e. The van der Waals surface area contributed by atoms with Crippen molar-refractivity contribution in [2.24, 2.45) is 0 Å². The quantitative estimate of drug-likeness (QED) is 0.631. The van der Waals surface area contributed by atoms with Gasteiger partial charge in [0.25, 0.3) is 5.91 Å². The number of carbonyl (C=O) groups is 3. The van der Waals surface area contributed by atoms with Gasteiger partial charge in [0.2, 0.25) is 5.76 Å². The molecule has 2 rings (SSSR count). The van der Waals surface area contributed by atoms with Gasteiger partial charge in [-0.25, -0.2) is 0 Å². The predicted molar refractivity (Wildman–Crippen MR) is 39.5 cm³/mol. The van der Waals surface area contributed by atoms with Crippen molar-refractivity contribution in [1.82, 2.24) is 10.1 Å². The third kappa shape index (κ3) is 0.987. The van der Waals surface area contributed by atoms with Crippen LogP contribution in [0.3, 0.4) is 0 Å². The van der Waals surface area contributed by atoms with E-state index in [9.17, 15) is 14.4 Å². The molecule has 7 nitrogen and oxygen atoms in total. The van der Waals surface area contributed by atoms with Crippen LogP contribution >= 0.6 is 0 Å². The zero-order valence-electron chi connectivity index (χ0n) is 6.76. The monoisotopic (exact) mass is 196 g/mol. The Balaban J connectivity index is 2.35. The van der Waals surface area contributed by atoms with Gasteiger partial charge < -0.3 is 9.63 Å². The van der Waals surface area contributed by atoms with E-state index in [1.165, 1.54) is 0 Å². The van der Waals surface area contributed by atoms with Gasteiger partial charge in [-0.2, -0.15) is 0 Å². The van der Waals surface area contributed by atoms with Gasteiger partial charge >= 0.3 is 11.9 Å². The Kier molecular flexibility index (Phi) is 1.60. The molecule has 0 aromatic carbocycles. The second kappa shape index (κ2) is 2.66. The van der Waals surface area contributed by atoms with Crippen molar-refractivity contribution in [2.75, 3.05) is 6.54 Å². The summed E-state index contributed by atoms with van der Waals surface area (Å²) in [4.78, 5) is 33.6. The molecule has 1 aromatic rings. The van der Waals surface area contributed by atoms with Crippen LogP contribution in [-0.2, 0) is 4.79 Å². The van der Waals surface area contributed by atoms with Crippen molar-refractivity contribution >= 4 is 17.8 Å². The number of carboxylic acid groups (broad SMARTS) is 1. The van der Waals surface area contributed by atoms with Crippen molar-refractivity contribution in [3.05, 3.63) is 17.5 Å². The maximum atomic E-state index is 11.3. The van der Waals surface area contributed by atoms with Gasteiger partial charge in [0, 0.05) is 0 Å². The van der Waals surface area contributed by atoms with Crippen molar-refractivity contribution in [1.29, 1.82) is 0 Å². The van der Waals surface area contributed by atoms with Gasteiger partial charge in [0.15, 0.2) is 0 Å². The standard InChI is InChI=1S/C7H4N2O5/c10-4(11)2-9-6(12)3-1-8-14-5(3)7(9)13/h1H,2H2,(H,10,11). The number of carboxylic acids is 1. The molecule has 1 aromatic heterocycles. The molecule has 0 aliphatic carbocycles. The van der Waals surface area contributed by atoms with E-state index in [0.717, 1.165) is 6.20 Å². The van der Waals surface area contributed by atoms with Crippen LogP contribution in [0.25, 0.3) is 0 Å². The lowest BCUT2D eigenvalue weighted by molar-refractivity contribution is -0.137. The zero-order chi connectivity index (χ0) is 10.3. The van der Waals surface area contributed by atoms with E-state index in [4.69, 9.17) is 5.11 Å². The second-order valence-electron chi connectivity index (χ2n) is 2.66. The summed E-state index contributed by atoms with van der Waals surface area (Å²) in [5.74, 6) is -2.90. The first-order chi connectivity index (χ1) is 6.61. The highest BCUT2D eigenvalue weighted by atomic mass is 16.5. The first-order valence-corrected chi connectivity index (χ1v) is 3.64. The van der Waals surface area contributed by atoms with Gasteiger partial charge in [0.1, 0.15) is 12.1 Å². The molecule has 1 aliphatic heterocycles. The minimum Gasteiger partial charge on any atom is -0.480 e. The summed E-state index contributed by atoms with van der Waals surface area (Å²) in [7, 11) is 0. The number of aromatic nitrogens is 1. The molecule has 1 aliphatic rings. The van der Waals surface area contributed by atoms with E-state index in [2.05, 4.69) is 9.68 Å². The highest BCUT2D eigenvalue weighted by molar-refractivity contribution is 6.20. The molecule has 0 bridgehead atoms. The Hall–Kier alpha value is -2.18. The van der Waals surface area contributed by atoms with Crippen LogP contribution in [0.15, 0.2) is 10.7 Å². The Bertz CT molecular complexity index is 405. The Labute approximate surface area is 76.9 Å². The summed E-state index contributed by atoms with van der Waals surface area (Å²) in [6, 6.07) is 0. The maximum Gasteiger partial charge on any atom is 0.323 e. The summed E-state index contributed by atoms with van der Waals surface area (Å²) in [6.45, 7) is -0.665. The number of fused-ring (bicyclic) bond motifs is 1. The molecule has 0 fully saturated rings. The fourth-order valence-corrected chi connectivity index (χ4v) is 1.19. The third-order valence-electron chi connectivity index (χ3n) is 1.78. The SMILES string of the molecule is O=C(O)CN1C(=O)c2cnoc2C1=O. The number of imide groups is 1. The largest absolute Gasteiger partial charge is 0.480 e. The van der Waals surface area contributed by atoms with Crippen molar-refractivity contribution in [3.8, 4) is 0 Å². The molecular formula is C7H4N2O5. The summed E-state index contributed by atoms with van der Waals surface area (Å²) in [6.07, 6.45) is 1.09. The van der Waals surface area contributed by atoms with Gasteiger partial charge in [-0.1, -0.05) is 5.16 Å². The van der Waals surface area contributed by atoms with E-state index in [1.54, 1.807) is 0 Å². The second-order valence-corrected chi connectivity index (χ2v) is 2.66. The van der Waals surface area contributed by atoms with Crippen molar-refractivity contribution in [3.63, 3.8) is 0 Å². The molecule has 0 saturated heterocycles. The van der Waals surface area contributed by atoms with Gasteiger partial charge in [0.05, 0.1) is 6.20 Å². The highest BCUT2D eigenvalue weighted by Gasteiger charge is 2.40. The van der Waals surface area contributed by atoms with Crippen LogP contribution in [0.2, 0.25) is 0 Å². The van der Waals surface area contributed by atoms with E-state index in [-0.39, 0.29) is 11.3 Å². The maximum absolute atomic E-state index is 11.3. The topological polar surface area (TPSA) is 101 Å². The molecule has 72 valence electrons. The normalized spacial score (nSPS) is 14.7. The van der Waals surface area contributed by atoms with Crippen LogP contribution in [0.1, 0.15) is 20.9 Å². The summed E-state index contributed by atoms with van der Waals surface area (Å²) in [5, 5.41) is 11.7. The van der Waals surface area contributed by atoms with E-state index < -0.39 is 24.3 Å². The van der Waals surface area contributed by atoms with E-state index in [1.807, 2.05) is 0 Å². The fraction of sp³-hybridized carbons (Fsp3) is 0.143. The average molecular weight is 196 g/mol. The summed E-state index contributed by atoms with van der Waals surface area (Å²) < 4.78 is 4.52. The van der Waals surface area contributed by atoms with Crippen molar-refractivity contribution < 1.29 is 24.0 Å². The lowest BCUT2D eigenvalue weighted by atomic mass is 10.3. The fourth-order valence-electron chi connectivity index (χ4n) is 1.19. The first-order valence-electron chi connectivity index (χ1n) is 3.64. The van der Waals surface area contributed by atoms with Crippen molar-refractivity contribution in [2.45, 2.75) is 0 Å². The molecule has 0 radical (unpaired) electrons. The minimum atomic E-state index is -1.26. The number of nitrogens with zero attached hydrogens (tertiary/aromatic N) is 2. The van der Waals surface area contributed by atoms with Gasteiger partial charge in [-0.3, -0.25) is 19.3 Å². The van der Waals surface area contributed by atoms with Gasteiger partial charge in [-0.15, -0.1) is 0 Å². The van der Waals surface area contributed by atoms with Crippen LogP contribution in [0.4, 0.5) is 0 Å². The summed E-state index contributed by atoms with van der Waals surface area (Å²) >= 11 is 0. The molecule has 1 N–H and O–H groups in total. The Morgan fingerprint density at radius 3 is 2.79 bits per heavy atom. The van der Waals surface area contributed by atoms with Crippen LogP contribution in [0, 0.1) is 0 Å². The summed E-state index contributed by atoms with van der Waals surface area (Å²) in [5.41, 5.74) is 0.0104. The van der Waals surface area contributed by atoms with Crippen LogP contribution in [-0.4, -0.2) is 39.5 Å². The number of hydrogen-bond acceptors (Lipinski definition) is 5. The number of aliphatic carboxylic acids is 1. The first kappa shape index (κ1) is 8.42. The lowest BCUT2D eigenvalue weighted by Crippen LogP contribution is -2.34. The molecule has 0 atom stereocenters. The molecule has 0 spiro atoms. The number of carbonyl (C=O) groups excluding carboxylic acids is 2. The lowest BCUT2D eigenvalue weighted by Gasteiger charge is -2.08.